The summed E-state index contributed by atoms with van der Waals surface area (Å²) >= 11 is 0. The number of rotatable bonds is 8. The van der Waals surface area contributed by atoms with Crippen molar-refractivity contribution in [3.8, 4) is 0 Å². The Balaban J connectivity index is 1.42. The van der Waals surface area contributed by atoms with Crippen molar-refractivity contribution in [2.45, 2.75) is 68.9 Å². The second-order valence-electron chi connectivity index (χ2n) is 8.18. The zero-order valence-electron chi connectivity index (χ0n) is 17.4. The molecule has 0 bridgehead atoms. The second kappa shape index (κ2) is 10.3. The number of ether oxygens (including phenoxy) is 3. The molecule has 162 valence electrons. The molecule has 5 N–H and O–H groups in total. The molecule has 9 nitrogen and oxygen atoms in total. The number of amides is 1. The average Bonchev–Trinajstić information content (AvgIpc) is 3.24. The molecule has 2 saturated heterocycles. The summed E-state index contributed by atoms with van der Waals surface area (Å²) in [6.07, 6.45) is 4.26. The van der Waals surface area contributed by atoms with E-state index in [2.05, 4.69) is 27.9 Å². The fourth-order valence-electron chi connectivity index (χ4n) is 4.62. The van der Waals surface area contributed by atoms with Gasteiger partial charge in [0, 0.05) is 45.9 Å². The Bertz CT molecular complexity index is 505. The molecule has 9 heteroatoms. The molecule has 3 aliphatic rings. The molecule has 0 radical (unpaired) electrons. The molecule has 2 aliphatic heterocycles. The molecule has 1 aliphatic carbocycles. The standard InChI is InChI=1S/C19H37N5O4/c1-24(8-5-7-21-18(25)14-6-4-9-28-14)19-22-13-11-16(27-3)15(26-2)10-12(13)17(20)23-19/h12-17,19,22-23H,4-11,20H2,1-3H3,(H,21,25)/t12?,13?,14-,15?,16?,17?,19?/m1/s1. The van der Waals surface area contributed by atoms with Gasteiger partial charge in [0.15, 0.2) is 0 Å². The van der Waals surface area contributed by atoms with Gasteiger partial charge < -0.3 is 25.3 Å². The fraction of sp³-hybridized carbons (Fsp3) is 0.947. The SMILES string of the molecule is COC1CC2NC(N(C)CCCNC(=O)[C@H]3CCCO3)NC(N)C2CC1OC. The van der Waals surface area contributed by atoms with Crippen LogP contribution in [-0.2, 0) is 19.0 Å². The Morgan fingerprint density at radius 3 is 2.68 bits per heavy atom. The maximum absolute atomic E-state index is 12.0. The van der Waals surface area contributed by atoms with Gasteiger partial charge in [-0.2, -0.15) is 0 Å². The van der Waals surface area contributed by atoms with Gasteiger partial charge in [-0.15, -0.1) is 0 Å². The van der Waals surface area contributed by atoms with Crippen LogP contribution in [0.2, 0.25) is 0 Å². The van der Waals surface area contributed by atoms with Crippen molar-refractivity contribution >= 4 is 5.91 Å². The van der Waals surface area contributed by atoms with Crippen LogP contribution in [-0.4, -0.2) is 88.6 Å². The van der Waals surface area contributed by atoms with Crippen LogP contribution in [0.4, 0.5) is 0 Å². The Morgan fingerprint density at radius 1 is 1.25 bits per heavy atom. The van der Waals surface area contributed by atoms with Crippen LogP contribution >= 0.6 is 0 Å². The molecule has 0 aromatic carbocycles. The first kappa shape index (κ1) is 21.9. The fourth-order valence-corrected chi connectivity index (χ4v) is 4.62. The summed E-state index contributed by atoms with van der Waals surface area (Å²) in [5.74, 6) is 0.325. The van der Waals surface area contributed by atoms with E-state index in [1.165, 1.54) is 0 Å². The molecule has 0 spiro atoms. The molecule has 3 fully saturated rings. The van der Waals surface area contributed by atoms with Gasteiger partial charge in [0.1, 0.15) is 12.4 Å². The minimum absolute atomic E-state index is 0.00159. The zero-order valence-corrected chi connectivity index (χ0v) is 17.4. The predicted octanol–water partition coefficient (Wildman–Crippen LogP) is -0.827. The van der Waals surface area contributed by atoms with Crippen molar-refractivity contribution in [2.24, 2.45) is 11.7 Å². The molecule has 6 unspecified atom stereocenters. The summed E-state index contributed by atoms with van der Waals surface area (Å²) in [5, 5.41) is 10.1. The molecule has 1 amide bonds. The van der Waals surface area contributed by atoms with Gasteiger partial charge in [-0.3, -0.25) is 20.3 Å². The van der Waals surface area contributed by atoms with Gasteiger partial charge in [-0.25, -0.2) is 0 Å². The van der Waals surface area contributed by atoms with Crippen LogP contribution in [0.1, 0.15) is 32.1 Å². The van der Waals surface area contributed by atoms with Crippen LogP contribution in [0.25, 0.3) is 0 Å². The number of fused-ring (bicyclic) bond motifs is 1. The van der Waals surface area contributed by atoms with Crippen LogP contribution in [0, 0.1) is 5.92 Å². The van der Waals surface area contributed by atoms with E-state index in [-0.39, 0.29) is 36.7 Å². The van der Waals surface area contributed by atoms with Crippen molar-refractivity contribution in [1.82, 2.24) is 20.9 Å². The molecular weight excluding hydrogens is 362 g/mol. The van der Waals surface area contributed by atoms with E-state index >= 15 is 0 Å². The lowest BCUT2D eigenvalue weighted by molar-refractivity contribution is -0.130. The zero-order chi connectivity index (χ0) is 20.1. The largest absolute Gasteiger partial charge is 0.379 e. The van der Waals surface area contributed by atoms with Crippen LogP contribution in [0.3, 0.4) is 0 Å². The molecule has 28 heavy (non-hydrogen) atoms. The van der Waals surface area contributed by atoms with Crippen LogP contribution < -0.4 is 21.7 Å². The van der Waals surface area contributed by atoms with Crippen molar-refractivity contribution in [3.05, 3.63) is 0 Å². The summed E-state index contributed by atoms with van der Waals surface area (Å²) in [6.45, 7) is 2.18. The maximum atomic E-state index is 12.0. The number of nitrogens with zero attached hydrogens (tertiary/aromatic N) is 1. The van der Waals surface area contributed by atoms with Crippen molar-refractivity contribution in [1.29, 1.82) is 0 Å². The third-order valence-corrected chi connectivity index (χ3v) is 6.36. The van der Waals surface area contributed by atoms with Crippen molar-refractivity contribution < 1.29 is 19.0 Å². The highest BCUT2D eigenvalue weighted by Crippen LogP contribution is 2.32. The van der Waals surface area contributed by atoms with Gasteiger partial charge in [-0.05, 0) is 39.2 Å². The summed E-state index contributed by atoms with van der Waals surface area (Å²) in [4.78, 5) is 14.2. The molecule has 3 rings (SSSR count). The van der Waals surface area contributed by atoms with E-state index in [9.17, 15) is 4.79 Å². The third kappa shape index (κ3) is 5.21. The van der Waals surface area contributed by atoms with Gasteiger partial charge in [-0.1, -0.05) is 0 Å². The topological polar surface area (TPSA) is 110 Å². The lowest BCUT2D eigenvalue weighted by Gasteiger charge is -2.50. The minimum Gasteiger partial charge on any atom is -0.379 e. The Kier molecular flexibility index (Phi) is 8.04. The number of methoxy groups -OCH3 is 2. The van der Waals surface area contributed by atoms with E-state index < -0.39 is 0 Å². The first-order valence-electron chi connectivity index (χ1n) is 10.5. The summed E-state index contributed by atoms with van der Waals surface area (Å²) in [7, 11) is 5.54. The highest BCUT2D eigenvalue weighted by molar-refractivity contribution is 5.80. The number of nitrogens with two attached hydrogens (primary N) is 1. The summed E-state index contributed by atoms with van der Waals surface area (Å²) < 4.78 is 16.6. The second-order valence-corrected chi connectivity index (χ2v) is 8.18. The van der Waals surface area contributed by atoms with E-state index in [1.807, 2.05) is 0 Å². The molecular formula is C19H37N5O4. The number of hydrogen-bond acceptors (Lipinski definition) is 8. The summed E-state index contributed by atoms with van der Waals surface area (Å²) in [6, 6.07) is 0.291. The predicted molar refractivity (Wildman–Crippen MR) is 105 cm³/mol. The quantitative estimate of drug-likeness (QED) is 0.392. The third-order valence-electron chi connectivity index (χ3n) is 6.36. The van der Waals surface area contributed by atoms with Crippen LogP contribution in [0.15, 0.2) is 0 Å². The number of carbonyl (C=O) groups excluding carboxylic acids is 1. The highest BCUT2D eigenvalue weighted by Gasteiger charge is 2.44. The number of carbonyl (C=O) groups is 1. The molecule has 7 atom stereocenters. The first-order chi connectivity index (χ1) is 13.5. The van der Waals surface area contributed by atoms with E-state index in [0.717, 1.165) is 38.6 Å². The minimum atomic E-state index is -0.259. The van der Waals surface area contributed by atoms with Crippen molar-refractivity contribution in [2.75, 3.05) is 41.0 Å². The summed E-state index contributed by atoms with van der Waals surface area (Å²) in [5.41, 5.74) is 6.44. The lowest BCUT2D eigenvalue weighted by atomic mass is 9.78. The molecule has 2 heterocycles. The average molecular weight is 400 g/mol. The van der Waals surface area contributed by atoms with Crippen molar-refractivity contribution in [3.63, 3.8) is 0 Å². The molecule has 0 aromatic heterocycles. The number of hydrogen-bond donors (Lipinski definition) is 4. The smallest absolute Gasteiger partial charge is 0.249 e. The monoisotopic (exact) mass is 399 g/mol. The lowest BCUT2D eigenvalue weighted by Crippen LogP contribution is -2.72. The van der Waals surface area contributed by atoms with Gasteiger partial charge in [0.2, 0.25) is 5.91 Å². The Labute approximate surface area is 168 Å². The maximum Gasteiger partial charge on any atom is 0.249 e. The van der Waals surface area contributed by atoms with Crippen LogP contribution in [0.5, 0.6) is 0 Å². The van der Waals surface area contributed by atoms with Gasteiger partial charge >= 0.3 is 0 Å². The molecule has 0 aromatic rings. The Morgan fingerprint density at radius 2 is 2.00 bits per heavy atom. The van der Waals surface area contributed by atoms with E-state index in [1.54, 1.807) is 14.2 Å². The first-order valence-corrected chi connectivity index (χ1v) is 10.5. The van der Waals surface area contributed by atoms with Gasteiger partial charge in [0.25, 0.3) is 0 Å². The normalized spacial score (nSPS) is 38.4. The Hall–Kier alpha value is -0.810. The van der Waals surface area contributed by atoms with Gasteiger partial charge in [0.05, 0.1) is 18.4 Å². The van der Waals surface area contributed by atoms with E-state index in [4.69, 9.17) is 19.9 Å². The molecule has 1 saturated carbocycles. The number of nitrogens with one attached hydrogen (secondary N) is 3. The highest BCUT2D eigenvalue weighted by atomic mass is 16.5. The van der Waals surface area contributed by atoms with E-state index in [0.29, 0.717) is 25.1 Å².